The highest BCUT2D eigenvalue weighted by molar-refractivity contribution is 6.00. The maximum atomic E-state index is 12.4. The lowest BCUT2D eigenvalue weighted by Crippen LogP contribution is -2.19. The average Bonchev–Trinajstić information content (AvgIpc) is 3.22. The van der Waals surface area contributed by atoms with E-state index in [-0.39, 0.29) is 11.4 Å². The number of non-ortho nitro benzene ring substituents is 1. The third-order valence-electron chi connectivity index (χ3n) is 4.54. The van der Waals surface area contributed by atoms with E-state index in [1.807, 2.05) is 12.1 Å². The number of nitrogens with zero attached hydrogens (tertiary/aromatic N) is 3. The molecule has 1 heterocycles. The molecule has 0 saturated carbocycles. The Balaban J connectivity index is 1.65. The van der Waals surface area contributed by atoms with Crippen molar-refractivity contribution < 1.29 is 9.72 Å². The quantitative estimate of drug-likeness (QED) is 0.346. The van der Waals surface area contributed by atoms with Crippen LogP contribution in [0.5, 0.6) is 0 Å². The predicted molar refractivity (Wildman–Crippen MR) is 115 cm³/mol. The van der Waals surface area contributed by atoms with Crippen LogP contribution in [-0.2, 0) is 6.42 Å². The molecule has 8 nitrogen and oxygen atoms in total. The van der Waals surface area contributed by atoms with Gasteiger partial charge >= 0.3 is 0 Å². The summed E-state index contributed by atoms with van der Waals surface area (Å²) < 4.78 is 0. The summed E-state index contributed by atoms with van der Waals surface area (Å²) in [6, 6.07) is 15.7. The van der Waals surface area contributed by atoms with E-state index in [0.29, 0.717) is 22.9 Å². The fourth-order valence-electron chi connectivity index (χ4n) is 2.95. The molecule has 0 radical (unpaired) electrons. The summed E-state index contributed by atoms with van der Waals surface area (Å²) in [5, 5.41) is 21.7. The van der Waals surface area contributed by atoms with E-state index < -0.39 is 10.8 Å². The standard InChI is InChI=1S/C22H23N5O3/c1-14(2)12-16-4-6-18(7-5-16)20-13-21(25-24-20)22(28)26-23-15(3)17-8-10-19(11-9-17)27(29)30/h4-11,13-14H,12H2,1-3H3,(H,24,25)(H,26,28)/b23-15-. The largest absolute Gasteiger partial charge is 0.289 e. The van der Waals surface area contributed by atoms with Crippen LogP contribution in [0.1, 0.15) is 42.4 Å². The molecule has 2 aromatic carbocycles. The van der Waals surface area contributed by atoms with Crippen LogP contribution >= 0.6 is 0 Å². The number of hydrogen-bond acceptors (Lipinski definition) is 5. The van der Waals surface area contributed by atoms with E-state index in [1.54, 1.807) is 25.1 Å². The van der Waals surface area contributed by atoms with Crippen molar-refractivity contribution in [3.63, 3.8) is 0 Å². The highest BCUT2D eigenvalue weighted by atomic mass is 16.6. The van der Waals surface area contributed by atoms with Gasteiger partial charge < -0.3 is 0 Å². The fourth-order valence-corrected chi connectivity index (χ4v) is 2.95. The van der Waals surface area contributed by atoms with Gasteiger partial charge in [-0.15, -0.1) is 0 Å². The topological polar surface area (TPSA) is 113 Å². The second-order valence-electron chi connectivity index (χ2n) is 7.40. The van der Waals surface area contributed by atoms with Crippen LogP contribution in [0.4, 0.5) is 5.69 Å². The second kappa shape index (κ2) is 9.13. The number of aromatic amines is 1. The van der Waals surface area contributed by atoms with Gasteiger partial charge in [0.1, 0.15) is 5.69 Å². The van der Waals surface area contributed by atoms with Gasteiger partial charge in [0.25, 0.3) is 11.6 Å². The van der Waals surface area contributed by atoms with Gasteiger partial charge in [0.05, 0.1) is 16.3 Å². The molecule has 30 heavy (non-hydrogen) atoms. The van der Waals surface area contributed by atoms with Gasteiger partial charge in [-0.1, -0.05) is 38.1 Å². The molecule has 8 heteroatoms. The Kier molecular flexibility index (Phi) is 6.36. The van der Waals surface area contributed by atoms with Gasteiger partial charge in [-0.3, -0.25) is 20.0 Å². The summed E-state index contributed by atoms with van der Waals surface area (Å²) in [5.74, 6) is 0.165. The number of carbonyl (C=O) groups excluding carboxylic acids is 1. The van der Waals surface area contributed by atoms with E-state index in [9.17, 15) is 14.9 Å². The van der Waals surface area contributed by atoms with E-state index in [0.717, 1.165) is 12.0 Å². The number of rotatable bonds is 7. The van der Waals surface area contributed by atoms with Gasteiger partial charge in [-0.2, -0.15) is 10.2 Å². The number of aromatic nitrogens is 2. The first kappa shape index (κ1) is 20.9. The maximum absolute atomic E-state index is 12.4. The zero-order valence-corrected chi connectivity index (χ0v) is 17.0. The minimum absolute atomic E-state index is 0.00202. The highest BCUT2D eigenvalue weighted by Gasteiger charge is 2.11. The lowest BCUT2D eigenvalue weighted by Gasteiger charge is -2.05. The number of nitro groups is 1. The van der Waals surface area contributed by atoms with Crippen LogP contribution in [0.25, 0.3) is 11.3 Å². The maximum Gasteiger partial charge on any atom is 0.289 e. The summed E-state index contributed by atoms with van der Waals surface area (Å²) in [4.78, 5) is 22.6. The molecule has 0 spiro atoms. The zero-order chi connectivity index (χ0) is 21.7. The molecule has 3 aromatic rings. The summed E-state index contributed by atoms with van der Waals surface area (Å²) in [5.41, 5.74) is 6.82. The molecule has 0 aliphatic heterocycles. The molecule has 0 saturated heterocycles. The second-order valence-corrected chi connectivity index (χ2v) is 7.40. The summed E-state index contributed by atoms with van der Waals surface area (Å²) in [6.07, 6.45) is 1.01. The predicted octanol–water partition coefficient (Wildman–Crippen LogP) is 4.34. The number of benzene rings is 2. The Morgan fingerprint density at radius 1 is 1.17 bits per heavy atom. The molecule has 0 unspecified atom stereocenters. The number of hydrazone groups is 1. The van der Waals surface area contributed by atoms with Crippen LogP contribution < -0.4 is 5.43 Å². The van der Waals surface area contributed by atoms with Crippen molar-refractivity contribution in [2.24, 2.45) is 11.0 Å². The van der Waals surface area contributed by atoms with E-state index in [4.69, 9.17) is 0 Å². The lowest BCUT2D eigenvalue weighted by molar-refractivity contribution is -0.384. The molecule has 154 valence electrons. The van der Waals surface area contributed by atoms with Gasteiger partial charge in [-0.25, -0.2) is 5.43 Å². The Morgan fingerprint density at radius 2 is 1.83 bits per heavy atom. The van der Waals surface area contributed by atoms with E-state index >= 15 is 0 Å². The van der Waals surface area contributed by atoms with E-state index in [1.165, 1.54) is 17.7 Å². The molecule has 0 aliphatic carbocycles. The van der Waals surface area contributed by atoms with E-state index in [2.05, 4.69) is 46.7 Å². The summed E-state index contributed by atoms with van der Waals surface area (Å²) >= 11 is 0. The van der Waals surface area contributed by atoms with Crippen molar-refractivity contribution in [3.05, 3.63) is 81.5 Å². The number of amides is 1. The van der Waals surface area contributed by atoms with Gasteiger partial charge in [0.15, 0.2) is 0 Å². The van der Waals surface area contributed by atoms with Crippen molar-refractivity contribution >= 4 is 17.3 Å². The Morgan fingerprint density at radius 3 is 2.43 bits per heavy atom. The highest BCUT2D eigenvalue weighted by Crippen LogP contribution is 2.19. The zero-order valence-electron chi connectivity index (χ0n) is 17.0. The lowest BCUT2D eigenvalue weighted by atomic mass is 10.0. The fraction of sp³-hybridized carbons (Fsp3) is 0.227. The average molecular weight is 405 g/mol. The first-order valence-electron chi connectivity index (χ1n) is 9.57. The third kappa shape index (κ3) is 5.16. The number of H-pyrrole nitrogens is 1. The number of nitro benzene ring substituents is 1. The molecule has 3 rings (SSSR count). The molecule has 0 aliphatic rings. The Labute approximate surface area is 174 Å². The normalized spacial score (nSPS) is 11.5. The third-order valence-corrected chi connectivity index (χ3v) is 4.54. The smallest absolute Gasteiger partial charge is 0.272 e. The minimum atomic E-state index is -0.467. The molecule has 1 amide bonds. The van der Waals surface area contributed by atoms with Crippen molar-refractivity contribution in [2.45, 2.75) is 27.2 Å². The number of carbonyl (C=O) groups is 1. The van der Waals surface area contributed by atoms with Crippen molar-refractivity contribution in [1.29, 1.82) is 0 Å². The van der Waals surface area contributed by atoms with Crippen LogP contribution in [-0.4, -0.2) is 26.7 Å². The van der Waals surface area contributed by atoms with Crippen LogP contribution in [0, 0.1) is 16.0 Å². The van der Waals surface area contributed by atoms with Crippen LogP contribution in [0.3, 0.4) is 0 Å². The van der Waals surface area contributed by atoms with Crippen molar-refractivity contribution in [2.75, 3.05) is 0 Å². The van der Waals surface area contributed by atoms with Gasteiger partial charge in [0, 0.05) is 17.7 Å². The minimum Gasteiger partial charge on any atom is -0.272 e. The molecule has 0 atom stereocenters. The molecule has 1 aromatic heterocycles. The van der Waals surface area contributed by atoms with Crippen molar-refractivity contribution in [1.82, 2.24) is 15.6 Å². The summed E-state index contributed by atoms with van der Waals surface area (Å²) in [6.45, 7) is 6.06. The van der Waals surface area contributed by atoms with Crippen LogP contribution in [0.15, 0.2) is 59.7 Å². The monoisotopic (exact) mass is 405 g/mol. The molecule has 2 N–H and O–H groups in total. The first-order valence-corrected chi connectivity index (χ1v) is 9.57. The van der Waals surface area contributed by atoms with Crippen molar-refractivity contribution in [3.8, 4) is 11.3 Å². The molecular weight excluding hydrogens is 382 g/mol. The number of hydrogen-bond donors (Lipinski definition) is 2. The molecular formula is C22H23N5O3. The first-order chi connectivity index (χ1) is 14.3. The Bertz CT molecular complexity index is 1070. The van der Waals surface area contributed by atoms with Gasteiger partial charge in [0.2, 0.25) is 0 Å². The molecule has 0 fully saturated rings. The summed E-state index contributed by atoms with van der Waals surface area (Å²) in [7, 11) is 0. The molecule has 0 bridgehead atoms. The SMILES string of the molecule is C/C(=N/NC(=O)c1cc(-c2ccc(CC(C)C)cc2)n[nH]1)c1ccc([N+](=O)[O-])cc1. The Hall–Kier alpha value is -3.81. The van der Waals surface area contributed by atoms with Gasteiger partial charge in [-0.05, 0) is 48.6 Å². The number of nitrogens with one attached hydrogen (secondary N) is 2. The van der Waals surface area contributed by atoms with Crippen LogP contribution in [0.2, 0.25) is 0 Å².